The molecule has 0 spiro atoms. The van der Waals surface area contributed by atoms with Gasteiger partial charge in [-0.2, -0.15) is 0 Å². The van der Waals surface area contributed by atoms with Crippen LogP contribution in [-0.4, -0.2) is 23.8 Å². The van der Waals surface area contributed by atoms with E-state index < -0.39 is 17.9 Å². The van der Waals surface area contributed by atoms with Gasteiger partial charge in [-0.3, -0.25) is 9.79 Å². The minimum absolute atomic E-state index is 0.305. The van der Waals surface area contributed by atoms with Gasteiger partial charge in [0.25, 0.3) is 0 Å². The summed E-state index contributed by atoms with van der Waals surface area (Å²) in [4.78, 5) is 16.5. The molecule has 0 aliphatic carbocycles. The predicted molar refractivity (Wildman–Crippen MR) is 93.9 cm³/mol. The maximum Gasteiger partial charge on any atom is 0.308 e. The normalized spacial score (nSPS) is 12.8. The number of carbonyl (C=O) groups excluding carboxylic acids is 1. The third-order valence-electron chi connectivity index (χ3n) is 2.95. The summed E-state index contributed by atoms with van der Waals surface area (Å²) in [5.41, 5.74) is 1.64. The number of carbonyl (C=O) groups is 1. The second-order valence-electron chi connectivity index (χ2n) is 6.08. The van der Waals surface area contributed by atoms with E-state index in [1.165, 1.54) is 0 Å². The summed E-state index contributed by atoms with van der Waals surface area (Å²) in [5.74, 6) is -0.899. The van der Waals surface area contributed by atoms with Crippen molar-refractivity contribution in [1.29, 1.82) is 0 Å². The molecule has 0 aliphatic heterocycles. The standard InChI is InChI=1S/C20H23NO2/c1-20(2,3)23-18(22)14-15-21-19(16-10-6-4-7-11-16)17-12-8-5-9-13-17/h4-13H,14-15H2,1-3H3/i14D2. The molecule has 0 N–H and O–H groups in total. The van der Waals surface area contributed by atoms with Gasteiger partial charge in [-0.05, 0) is 20.8 Å². The number of hydrogen-bond donors (Lipinski definition) is 0. The van der Waals surface area contributed by atoms with Crippen LogP contribution in [0.2, 0.25) is 0 Å². The third kappa shape index (κ3) is 5.70. The lowest BCUT2D eigenvalue weighted by Gasteiger charge is -2.19. The van der Waals surface area contributed by atoms with Gasteiger partial charge in [0.1, 0.15) is 5.60 Å². The Balaban J connectivity index is 2.31. The van der Waals surface area contributed by atoms with Crippen LogP contribution in [0.4, 0.5) is 0 Å². The molecule has 3 heteroatoms. The number of benzene rings is 2. The highest BCUT2D eigenvalue weighted by molar-refractivity contribution is 6.12. The number of esters is 1. The van der Waals surface area contributed by atoms with E-state index in [1.807, 2.05) is 60.7 Å². The van der Waals surface area contributed by atoms with Crippen molar-refractivity contribution in [1.82, 2.24) is 0 Å². The summed E-state index contributed by atoms with van der Waals surface area (Å²) in [6, 6.07) is 19.1. The minimum atomic E-state index is -2.19. The smallest absolute Gasteiger partial charge is 0.308 e. The molecule has 2 aromatic carbocycles. The molecule has 0 radical (unpaired) electrons. The molecular weight excluding hydrogens is 286 g/mol. The summed E-state index contributed by atoms with van der Waals surface area (Å²) >= 11 is 0. The van der Waals surface area contributed by atoms with E-state index in [4.69, 9.17) is 7.48 Å². The summed E-state index contributed by atoms with van der Waals surface area (Å²) in [7, 11) is 0. The van der Waals surface area contributed by atoms with Gasteiger partial charge in [0.15, 0.2) is 0 Å². The molecule has 0 saturated heterocycles. The first-order valence-corrected chi connectivity index (χ1v) is 7.58. The van der Waals surface area contributed by atoms with Gasteiger partial charge in [0.05, 0.1) is 18.6 Å². The Kier molecular flexibility index (Phi) is 4.77. The quantitative estimate of drug-likeness (QED) is 0.611. The SMILES string of the molecule is [2H]C([2H])(CN=C(c1ccccc1)c1ccccc1)C(=O)OC(C)(C)C. The lowest BCUT2D eigenvalue weighted by molar-refractivity contribution is -0.154. The molecule has 0 bridgehead atoms. The molecule has 0 unspecified atom stereocenters. The Hall–Kier alpha value is -2.42. The number of nitrogens with zero attached hydrogens (tertiary/aromatic N) is 1. The van der Waals surface area contributed by atoms with Crippen molar-refractivity contribution in [3.05, 3.63) is 71.8 Å². The number of aliphatic imine (C=N–C) groups is 1. The summed E-state index contributed by atoms with van der Waals surface area (Å²) in [6.07, 6.45) is -2.19. The monoisotopic (exact) mass is 311 g/mol. The molecule has 0 saturated carbocycles. The molecule has 0 aliphatic rings. The second-order valence-corrected chi connectivity index (χ2v) is 6.08. The van der Waals surface area contributed by atoms with Gasteiger partial charge < -0.3 is 4.74 Å². The van der Waals surface area contributed by atoms with Crippen LogP contribution < -0.4 is 0 Å². The molecule has 0 heterocycles. The van der Waals surface area contributed by atoms with Crippen LogP contribution in [0.3, 0.4) is 0 Å². The van der Waals surface area contributed by atoms with Crippen molar-refractivity contribution in [2.75, 3.05) is 6.54 Å². The Bertz CT molecular complexity index is 694. The number of rotatable bonds is 5. The van der Waals surface area contributed by atoms with Gasteiger partial charge in [-0.25, -0.2) is 0 Å². The highest BCUT2D eigenvalue weighted by Crippen LogP contribution is 2.12. The lowest BCUT2D eigenvalue weighted by Crippen LogP contribution is -2.24. The number of hydrogen-bond acceptors (Lipinski definition) is 3. The zero-order valence-electron chi connectivity index (χ0n) is 15.7. The summed E-state index contributed by atoms with van der Waals surface area (Å²) in [5, 5.41) is 0. The topological polar surface area (TPSA) is 38.7 Å². The lowest BCUT2D eigenvalue weighted by atomic mass is 10.0. The molecule has 0 amide bonds. The van der Waals surface area contributed by atoms with Crippen LogP contribution in [0.15, 0.2) is 65.7 Å². The van der Waals surface area contributed by atoms with Crippen molar-refractivity contribution in [2.24, 2.45) is 4.99 Å². The maximum atomic E-state index is 12.1. The molecular formula is C20H23NO2. The van der Waals surface area contributed by atoms with E-state index in [-0.39, 0.29) is 6.54 Å². The molecule has 0 fully saturated rings. The molecule has 0 aromatic heterocycles. The summed E-state index contributed by atoms with van der Waals surface area (Å²) < 4.78 is 21.2. The molecule has 0 atom stereocenters. The second kappa shape index (κ2) is 7.73. The van der Waals surface area contributed by atoms with Crippen LogP contribution in [0.5, 0.6) is 0 Å². The first-order valence-electron chi connectivity index (χ1n) is 8.58. The van der Waals surface area contributed by atoms with Crippen LogP contribution in [0.1, 0.15) is 41.0 Å². The van der Waals surface area contributed by atoms with E-state index in [2.05, 4.69) is 4.99 Å². The highest BCUT2D eigenvalue weighted by atomic mass is 16.6. The zero-order chi connectivity index (χ0) is 18.5. The fraction of sp³-hybridized carbons (Fsp3) is 0.300. The molecule has 120 valence electrons. The minimum Gasteiger partial charge on any atom is -0.460 e. The fourth-order valence-corrected chi connectivity index (χ4v) is 2.04. The molecule has 3 nitrogen and oxygen atoms in total. The van der Waals surface area contributed by atoms with Crippen LogP contribution in [0, 0.1) is 0 Å². The van der Waals surface area contributed by atoms with E-state index >= 15 is 0 Å². The van der Waals surface area contributed by atoms with Crippen LogP contribution >= 0.6 is 0 Å². The van der Waals surface area contributed by atoms with Crippen molar-refractivity contribution in [3.8, 4) is 0 Å². The van der Waals surface area contributed by atoms with Gasteiger partial charge in [0, 0.05) is 13.9 Å². The Morgan fingerprint density at radius 2 is 1.48 bits per heavy atom. The zero-order valence-corrected chi connectivity index (χ0v) is 13.7. The van der Waals surface area contributed by atoms with Gasteiger partial charge >= 0.3 is 5.97 Å². The Morgan fingerprint density at radius 3 is 1.91 bits per heavy atom. The van der Waals surface area contributed by atoms with E-state index in [0.29, 0.717) is 5.71 Å². The first kappa shape index (κ1) is 14.2. The van der Waals surface area contributed by atoms with Crippen LogP contribution in [-0.2, 0) is 9.53 Å². The van der Waals surface area contributed by atoms with Gasteiger partial charge in [0.2, 0.25) is 0 Å². The average Bonchev–Trinajstić information content (AvgIpc) is 2.55. The third-order valence-corrected chi connectivity index (χ3v) is 2.95. The van der Waals surface area contributed by atoms with Crippen molar-refractivity contribution >= 4 is 11.7 Å². The maximum absolute atomic E-state index is 12.1. The highest BCUT2D eigenvalue weighted by Gasteiger charge is 2.15. The molecule has 23 heavy (non-hydrogen) atoms. The van der Waals surface area contributed by atoms with Gasteiger partial charge in [-0.1, -0.05) is 60.7 Å². The van der Waals surface area contributed by atoms with E-state index in [1.54, 1.807) is 20.8 Å². The number of ether oxygens (including phenoxy) is 1. The Morgan fingerprint density at radius 1 is 1.00 bits per heavy atom. The van der Waals surface area contributed by atoms with E-state index in [0.717, 1.165) is 11.1 Å². The van der Waals surface area contributed by atoms with Crippen LogP contribution in [0.25, 0.3) is 0 Å². The Labute approximate surface area is 140 Å². The molecule has 2 aromatic rings. The van der Waals surface area contributed by atoms with Crippen molar-refractivity contribution < 1.29 is 12.3 Å². The predicted octanol–water partition coefficient (Wildman–Crippen LogP) is 4.26. The fourth-order valence-electron chi connectivity index (χ4n) is 2.04. The van der Waals surface area contributed by atoms with Gasteiger partial charge in [-0.15, -0.1) is 0 Å². The molecule has 2 rings (SSSR count). The van der Waals surface area contributed by atoms with Crippen molar-refractivity contribution in [3.63, 3.8) is 0 Å². The summed E-state index contributed by atoms with van der Waals surface area (Å²) in [6.45, 7) is 4.83. The average molecular weight is 311 g/mol. The van der Waals surface area contributed by atoms with Crippen molar-refractivity contribution in [2.45, 2.75) is 32.7 Å². The largest absolute Gasteiger partial charge is 0.460 e. The van der Waals surface area contributed by atoms with E-state index in [9.17, 15) is 4.79 Å². The first-order chi connectivity index (χ1) is 11.7.